The second-order valence-corrected chi connectivity index (χ2v) is 4.41. The average molecular weight is 299 g/mol. The zero-order valence-electron chi connectivity index (χ0n) is 10.1. The quantitative estimate of drug-likeness (QED) is 0.931. The zero-order chi connectivity index (χ0) is 14.7. The Balaban J connectivity index is 2.23. The number of halogens is 3. The van der Waals surface area contributed by atoms with E-state index in [0.29, 0.717) is 5.02 Å². The fourth-order valence-corrected chi connectivity index (χ4v) is 1.80. The molecule has 2 aromatic carbocycles. The molecule has 0 aliphatic rings. The molecule has 0 saturated carbocycles. The van der Waals surface area contributed by atoms with Crippen LogP contribution in [-0.4, -0.2) is 11.1 Å². The highest BCUT2D eigenvalue weighted by molar-refractivity contribution is 6.30. The number of carbonyl (C=O) groups is 1. The number of hydrogen-bond donors (Lipinski definition) is 1. The number of rotatable bonds is 4. The van der Waals surface area contributed by atoms with Gasteiger partial charge in [0.25, 0.3) is 0 Å². The molecular weight excluding hydrogens is 290 g/mol. The Morgan fingerprint density at radius 1 is 1.20 bits per heavy atom. The Morgan fingerprint density at radius 2 is 1.95 bits per heavy atom. The van der Waals surface area contributed by atoms with Crippen LogP contribution in [-0.2, 0) is 6.61 Å². The second-order valence-electron chi connectivity index (χ2n) is 3.97. The first kappa shape index (κ1) is 14.3. The van der Waals surface area contributed by atoms with Gasteiger partial charge in [-0.05, 0) is 36.4 Å². The molecule has 1 N–H and O–H groups in total. The minimum Gasteiger partial charge on any atom is -0.488 e. The van der Waals surface area contributed by atoms with Crippen molar-refractivity contribution < 1.29 is 23.4 Å². The first-order valence-corrected chi connectivity index (χ1v) is 5.95. The van der Waals surface area contributed by atoms with Crippen LogP contribution in [0, 0.1) is 11.6 Å². The van der Waals surface area contributed by atoms with Crippen molar-refractivity contribution in [2.45, 2.75) is 6.61 Å². The summed E-state index contributed by atoms with van der Waals surface area (Å²) < 4.78 is 31.7. The van der Waals surface area contributed by atoms with Crippen molar-refractivity contribution in [3.63, 3.8) is 0 Å². The van der Waals surface area contributed by atoms with Crippen LogP contribution in [0.5, 0.6) is 5.75 Å². The van der Waals surface area contributed by atoms with Gasteiger partial charge in [-0.2, -0.15) is 0 Å². The van der Waals surface area contributed by atoms with Crippen molar-refractivity contribution in [1.82, 2.24) is 0 Å². The molecule has 3 nitrogen and oxygen atoms in total. The van der Waals surface area contributed by atoms with Crippen LogP contribution >= 0.6 is 11.6 Å². The van der Waals surface area contributed by atoms with Gasteiger partial charge in [0, 0.05) is 10.6 Å². The van der Waals surface area contributed by atoms with Crippen molar-refractivity contribution in [2.24, 2.45) is 0 Å². The lowest BCUT2D eigenvalue weighted by Crippen LogP contribution is -2.05. The summed E-state index contributed by atoms with van der Waals surface area (Å²) in [6, 6.07) is 7.04. The van der Waals surface area contributed by atoms with E-state index in [1.807, 2.05) is 0 Å². The van der Waals surface area contributed by atoms with Crippen LogP contribution in [0.3, 0.4) is 0 Å². The van der Waals surface area contributed by atoms with Crippen LogP contribution in [0.2, 0.25) is 5.02 Å². The predicted molar refractivity (Wildman–Crippen MR) is 69.1 cm³/mol. The molecule has 2 aromatic rings. The fraction of sp³-hybridized carbons (Fsp3) is 0.0714. The molecule has 0 radical (unpaired) electrons. The number of aromatic carboxylic acids is 1. The van der Waals surface area contributed by atoms with Gasteiger partial charge in [-0.3, -0.25) is 0 Å². The summed E-state index contributed by atoms with van der Waals surface area (Å²) in [7, 11) is 0. The van der Waals surface area contributed by atoms with E-state index in [2.05, 4.69) is 0 Å². The molecule has 0 fully saturated rings. The molecule has 20 heavy (non-hydrogen) atoms. The zero-order valence-corrected chi connectivity index (χ0v) is 10.8. The van der Waals surface area contributed by atoms with E-state index in [1.54, 1.807) is 0 Å². The number of ether oxygens (including phenoxy) is 1. The highest BCUT2D eigenvalue weighted by Gasteiger charge is 2.13. The molecule has 0 unspecified atom stereocenters. The largest absolute Gasteiger partial charge is 0.488 e. The van der Waals surface area contributed by atoms with E-state index in [0.717, 1.165) is 12.1 Å². The highest BCUT2D eigenvalue weighted by Crippen LogP contribution is 2.22. The number of carboxylic acids is 1. The molecule has 0 aliphatic carbocycles. The fourth-order valence-electron chi connectivity index (χ4n) is 1.60. The van der Waals surface area contributed by atoms with Crippen LogP contribution in [0.4, 0.5) is 8.78 Å². The van der Waals surface area contributed by atoms with E-state index in [1.165, 1.54) is 24.3 Å². The van der Waals surface area contributed by atoms with Crippen LogP contribution in [0.1, 0.15) is 15.9 Å². The topological polar surface area (TPSA) is 46.5 Å². The SMILES string of the molecule is O=C(O)c1cc(F)ccc1OCc1cc(Cl)ccc1F. The summed E-state index contributed by atoms with van der Waals surface area (Å²) in [5.41, 5.74) is -0.148. The highest BCUT2D eigenvalue weighted by atomic mass is 35.5. The number of hydrogen-bond acceptors (Lipinski definition) is 2. The van der Waals surface area contributed by atoms with Crippen molar-refractivity contribution in [1.29, 1.82) is 0 Å². The molecule has 0 spiro atoms. The van der Waals surface area contributed by atoms with Crippen LogP contribution in [0.25, 0.3) is 0 Å². The average Bonchev–Trinajstić information content (AvgIpc) is 2.40. The lowest BCUT2D eigenvalue weighted by atomic mass is 10.2. The molecule has 2 rings (SSSR count). The van der Waals surface area contributed by atoms with Gasteiger partial charge in [0.1, 0.15) is 29.6 Å². The molecule has 0 aliphatic heterocycles. The molecule has 6 heteroatoms. The summed E-state index contributed by atoms with van der Waals surface area (Å²) in [6.07, 6.45) is 0. The maximum atomic E-state index is 13.5. The summed E-state index contributed by atoms with van der Waals surface area (Å²) in [5, 5.41) is 9.28. The summed E-state index contributed by atoms with van der Waals surface area (Å²) in [6.45, 7) is -0.210. The van der Waals surface area contributed by atoms with E-state index >= 15 is 0 Å². The smallest absolute Gasteiger partial charge is 0.339 e. The minimum atomic E-state index is -1.33. The Labute approximate surface area is 118 Å². The first-order valence-electron chi connectivity index (χ1n) is 5.57. The lowest BCUT2D eigenvalue weighted by molar-refractivity contribution is 0.0691. The molecule has 104 valence electrons. The Bertz CT molecular complexity index is 659. The lowest BCUT2D eigenvalue weighted by Gasteiger charge is -2.10. The van der Waals surface area contributed by atoms with Gasteiger partial charge in [-0.1, -0.05) is 11.6 Å². The monoisotopic (exact) mass is 298 g/mol. The standard InChI is InChI=1S/C14H9ClF2O3/c15-9-1-3-12(17)8(5-9)7-20-13-4-2-10(16)6-11(13)14(18)19/h1-6H,7H2,(H,18,19). The second kappa shape index (κ2) is 5.88. The van der Waals surface area contributed by atoms with E-state index in [4.69, 9.17) is 21.4 Å². The van der Waals surface area contributed by atoms with Crippen LogP contribution < -0.4 is 4.74 Å². The van der Waals surface area contributed by atoms with Crippen molar-refractivity contribution in [3.8, 4) is 5.75 Å². The summed E-state index contributed by atoms with van der Waals surface area (Å²) in [5.74, 6) is -2.58. The molecule has 0 amide bonds. The minimum absolute atomic E-state index is 0.0433. The van der Waals surface area contributed by atoms with Crippen molar-refractivity contribution >= 4 is 17.6 Å². The Morgan fingerprint density at radius 3 is 2.65 bits per heavy atom. The van der Waals surface area contributed by atoms with Gasteiger partial charge < -0.3 is 9.84 Å². The Kier molecular flexibility index (Phi) is 4.20. The summed E-state index contributed by atoms with van der Waals surface area (Å²) >= 11 is 5.74. The van der Waals surface area contributed by atoms with Crippen molar-refractivity contribution in [3.05, 3.63) is 64.2 Å². The predicted octanol–water partition coefficient (Wildman–Crippen LogP) is 3.90. The van der Waals surface area contributed by atoms with Gasteiger partial charge in [0.15, 0.2) is 0 Å². The van der Waals surface area contributed by atoms with Gasteiger partial charge in [-0.15, -0.1) is 0 Å². The first-order chi connectivity index (χ1) is 9.47. The molecule has 0 heterocycles. The molecule has 0 aromatic heterocycles. The van der Waals surface area contributed by atoms with Gasteiger partial charge in [0.05, 0.1) is 0 Å². The van der Waals surface area contributed by atoms with E-state index in [9.17, 15) is 13.6 Å². The van der Waals surface area contributed by atoms with Gasteiger partial charge >= 0.3 is 5.97 Å². The maximum Gasteiger partial charge on any atom is 0.339 e. The molecule has 0 saturated heterocycles. The van der Waals surface area contributed by atoms with Crippen LogP contribution in [0.15, 0.2) is 36.4 Å². The normalized spacial score (nSPS) is 10.3. The van der Waals surface area contributed by atoms with Crippen molar-refractivity contribution in [2.75, 3.05) is 0 Å². The molecule has 0 atom stereocenters. The van der Waals surface area contributed by atoms with Gasteiger partial charge in [0.2, 0.25) is 0 Å². The molecule has 0 bridgehead atoms. The number of carboxylic acid groups (broad SMARTS) is 1. The third-order valence-corrected chi connectivity index (χ3v) is 2.80. The third-order valence-electron chi connectivity index (χ3n) is 2.56. The summed E-state index contributed by atoms with van der Waals surface area (Å²) in [4.78, 5) is 11.0. The van der Waals surface area contributed by atoms with Gasteiger partial charge in [-0.25, -0.2) is 13.6 Å². The Hall–Kier alpha value is -2.14. The van der Waals surface area contributed by atoms with E-state index < -0.39 is 17.6 Å². The molecular formula is C14H9ClF2O3. The van der Waals surface area contributed by atoms with E-state index in [-0.39, 0.29) is 23.5 Å². The third kappa shape index (κ3) is 3.24. The number of benzene rings is 2. The maximum absolute atomic E-state index is 13.5.